The van der Waals surface area contributed by atoms with E-state index in [1.54, 1.807) is 31.4 Å². The number of imidazole rings is 1. The molecule has 1 heterocycles. The molecule has 0 saturated heterocycles. The number of aromatic nitrogens is 2. The number of halogens is 2. The van der Waals surface area contributed by atoms with E-state index in [1.165, 1.54) is 6.08 Å². The summed E-state index contributed by atoms with van der Waals surface area (Å²) in [6, 6.07) is 10.9. The highest BCUT2D eigenvalue weighted by Gasteiger charge is 2.09. The van der Waals surface area contributed by atoms with E-state index in [4.69, 9.17) is 27.9 Å². The molecule has 0 saturated carbocycles. The van der Waals surface area contributed by atoms with Crippen LogP contribution in [-0.4, -0.2) is 29.1 Å². The van der Waals surface area contributed by atoms with Crippen molar-refractivity contribution in [2.45, 2.75) is 6.42 Å². The maximum atomic E-state index is 12.0. The second kappa shape index (κ2) is 8.46. The first-order chi connectivity index (χ1) is 13.0. The number of hydrogen-bond acceptors (Lipinski definition) is 3. The molecule has 0 aliphatic heterocycles. The molecule has 0 aliphatic carbocycles. The van der Waals surface area contributed by atoms with Crippen molar-refractivity contribution in [1.82, 2.24) is 14.9 Å². The number of nitrogens with one attached hydrogen (secondary N) is 1. The van der Waals surface area contributed by atoms with Crippen LogP contribution in [0, 0.1) is 0 Å². The van der Waals surface area contributed by atoms with Crippen LogP contribution in [-0.2, 0) is 18.3 Å². The maximum absolute atomic E-state index is 12.0. The Labute approximate surface area is 167 Å². The number of carbonyl (C=O) groups excluding carboxylic acids is 1. The van der Waals surface area contributed by atoms with Gasteiger partial charge in [-0.2, -0.15) is 0 Å². The van der Waals surface area contributed by atoms with E-state index in [1.807, 2.05) is 29.8 Å². The molecule has 3 rings (SSSR count). The van der Waals surface area contributed by atoms with Gasteiger partial charge in [-0.1, -0.05) is 29.3 Å². The fourth-order valence-corrected chi connectivity index (χ4v) is 3.21. The van der Waals surface area contributed by atoms with Gasteiger partial charge >= 0.3 is 0 Å². The summed E-state index contributed by atoms with van der Waals surface area (Å²) >= 11 is 12.0. The van der Waals surface area contributed by atoms with Gasteiger partial charge in [0.05, 0.1) is 18.1 Å². The molecule has 140 valence electrons. The van der Waals surface area contributed by atoms with Gasteiger partial charge in [0.25, 0.3) is 0 Å². The number of ether oxygens (including phenoxy) is 1. The molecule has 0 fully saturated rings. The number of fused-ring (bicyclic) bond motifs is 1. The second-order valence-corrected chi connectivity index (χ2v) is 6.83. The highest BCUT2D eigenvalue weighted by Crippen LogP contribution is 2.22. The molecule has 1 aromatic heterocycles. The molecule has 0 atom stereocenters. The smallest absolute Gasteiger partial charge is 0.244 e. The first kappa shape index (κ1) is 19.3. The fourth-order valence-electron chi connectivity index (χ4n) is 2.74. The zero-order chi connectivity index (χ0) is 19.4. The molecule has 0 spiro atoms. The quantitative estimate of drug-likeness (QED) is 0.625. The standard InChI is InChI=1S/C20H19Cl2N3O2/c1-25-18-7-6-15(27-2)12-17(18)24-19(25)9-10-23-20(26)8-4-13-3-5-14(21)11-16(13)22/h3-8,11-12H,9-10H2,1-2H3,(H,23,26)/b8-4+. The third-order valence-corrected chi connectivity index (χ3v) is 4.77. The van der Waals surface area contributed by atoms with Crippen LogP contribution < -0.4 is 10.1 Å². The van der Waals surface area contributed by atoms with Gasteiger partial charge in [0, 0.05) is 42.2 Å². The van der Waals surface area contributed by atoms with Crippen LogP contribution in [0.2, 0.25) is 10.0 Å². The highest BCUT2D eigenvalue weighted by atomic mass is 35.5. The third kappa shape index (κ3) is 4.62. The maximum Gasteiger partial charge on any atom is 0.244 e. The lowest BCUT2D eigenvalue weighted by atomic mass is 10.2. The Morgan fingerprint density at radius 2 is 2.07 bits per heavy atom. The third-order valence-electron chi connectivity index (χ3n) is 4.21. The zero-order valence-electron chi connectivity index (χ0n) is 15.0. The van der Waals surface area contributed by atoms with Crippen LogP contribution in [0.3, 0.4) is 0 Å². The SMILES string of the molecule is COc1ccc2c(c1)nc(CCNC(=O)/C=C/c1ccc(Cl)cc1Cl)n2C. The zero-order valence-corrected chi connectivity index (χ0v) is 16.5. The minimum Gasteiger partial charge on any atom is -0.497 e. The molecule has 0 aliphatic rings. The van der Waals surface area contributed by atoms with E-state index in [0.29, 0.717) is 23.0 Å². The van der Waals surface area contributed by atoms with Gasteiger partial charge < -0.3 is 14.6 Å². The van der Waals surface area contributed by atoms with E-state index in [2.05, 4.69) is 10.3 Å². The molecule has 0 bridgehead atoms. The number of carbonyl (C=O) groups is 1. The monoisotopic (exact) mass is 403 g/mol. The predicted molar refractivity (Wildman–Crippen MR) is 109 cm³/mol. The minimum absolute atomic E-state index is 0.193. The van der Waals surface area contributed by atoms with Gasteiger partial charge in [0.15, 0.2) is 0 Å². The molecule has 1 N–H and O–H groups in total. The summed E-state index contributed by atoms with van der Waals surface area (Å²) in [5.41, 5.74) is 2.63. The summed E-state index contributed by atoms with van der Waals surface area (Å²) in [4.78, 5) is 16.6. The highest BCUT2D eigenvalue weighted by molar-refractivity contribution is 6.35. The van der Waals surface area contributed by atoms with E-state index in [0.717, 1.165) is 28.2 Å². The number of amides is 1. The second-order valence-electron chi connectivity index (χ2n) is 5.98. The molecule has 2 aromatic carbocycles. The Morgan fingerprint density at radius 1 is 1.26 bits per heavy atom. The Morgan fingerprint density at radius 3 is 2.81 bits per heavy atom. The Hall–Kier alpha value is -2.50. The number of nitrogens with zero attached hydrogens (tertiary/aromatic N) is 2. The summed E-state index contributed by atoms with van der Waals surface area (Å²) in [6.45, 7) is 0.478. The number of hydrogen-bond donors (Lipinski definition) is 1. The predicted octanol–water partition coefficient (Wildman–Crippen LogP) is 4.26. The van der Waals surface area contributed by atoms with Crippen molar-refractivity contribution >= 4 is 46.2 Å². The lowest BCUT2D eigenvalue weighted by molar-refractivity contribution is -0.116. The fraction of sp³-hybridized carbons (Fsp3) is 0.200. The number of methoxy groups -OCH3 is 1. The molecular weight excluding hydrogens is 385 g/mol. The van der Waals surface area contributed by atoms with Crippen molar-refractivity contribution < 1.29 is 9.53 Å². The molecule has 5 nitrogen and oxygen atoms in total. The van der Waals surface area contributed by atoms with Crippen molar-refractivity contribution in [3.8, 4) is 5.75 Å². The molecule has 1 amide bonds. The van der Waals surface area contributed by atoms with Crippen LogP contribution in [0.1, 0.15) is 11.4 Å². The van der Waals surface area contributed by atoms with Gasteiger partial charge in [-0.05, 0) is 35.9 Å². The van der Waals surface area contributed by atoms with E-state index in [9.17, 15) is 4.79 Å². The van der Waals surface area contributed by atoms with Gasteiger partial charge in [0.2, 0.25) is 5.91 Å². The summed E-state index contributed by atoms with van der Waals surface area (Å²) in [7, 11) is 3.59. The molecule has 7 heteroatoms. The largest absolute Gasteiger partial charge is 0.497 e. The summed E-state index contributed by atoms with van der Waals surface area (Å²) in [5, 5.41) is 3.91. The van der Waals surface area contributed by atoms with Crippen LogP contribution in [0.25, 0.3) is 17.1 Å². The van der Waals surface area contributed by atoms with Crippen molar-refractivity contribution in [3.63, 3.8) is 0 Å². The van der Waals surface area contributed by atoms with Crippen LogP contribution in [0.15, 0.2) is 42.5 Å². The molecular formula is C20H19Cl2N3O2. The van der Waals surface area contributed by atoms with Gasteiger partial charge in [0.1, 0.15) is 11.6 Å². The first-order valence-corrected chi connectivity index (χ1v) is 9.14. The lowest BCUT2D eigenvalue weighted by Crippen LogP contribution is -2.24. The van der Waals surface area contributed by atoms with Crippen molar-refractivity contribution in [2.75, 3.05) is 13.7 Å². The Balaban J connectivity index is 1.59. The summed E-state index contributed by atoms with van der Waals surface area (Å²) in [6.07, 6.45) is 3.74. The van der Waals surface area contributed by atoms with Crippen molar-refractivity contribution in [2.24, 2.45) is 7.05 Å². The van der Waals surface area contributed by atoms with Gasteiger partial charge in [-0.15, -0.1) is 0 Å². The van der Waals surface area contributed by atoms with Gasteiger partial charge in [-0.25, -0.2) is 4.98 Å². The minimum atomic E-state index is -0.193. The normalized spacial score (nSPS) is 11.3. The molecule has 0 unspecified atom stereocenters. The van der Waals surface area contributed by atoms with Gasteiger partial charge in [-0.3, -0.25) is 4.79 Å². The number of benzene rings is 2. The van der Waals surface area contributed by atoms with E-state index >= 15 is 0 Å². The van der Waals surface area contributed by atoms with Crippen LogP contribution >= 0.6 is 23.2 Å². The average Bonchev–Trinajstić information content (AvgIpc) is 2.96. The Kier molecular flexibility index (Phi) is 6.04. The molecule has 3 aromatic rings. The lowest BCUT2D eigenvalue weighted by Gasteiger charge is -2.04. The topological polar surface area (TPSA) is 56.1 Å². The van der Waals surface area contributed by atoms with Crippen LogP contribution in [0.5, 0.6) is 5.75 Å². The summed E-state index contributed by atoms with van der Waals surface area (Å²) in [5.74, 6) is 1.47. The number of rotatable bonds is 6. The number of aryl methyl sites for hydroxylation is 1. The molecule has 0 radical (unpaired) electrons. The first-order valence-electron chi connectivity index (χ1n) is 8.38. The molecule has 27 heavy (non-hydrogen) atoms. The summed E-state index contributed by atoms with van der Waals surface area (Å²) < 4.78 is 7.25. The van der Waals surface area contributed by atoms with Crippen molar-refractivity contribution in [3.05, 3.63) is 63.9 Å². The van der Waals surface area contributed by atoms with Crippen molar-refractivity contribution in [1.29, 1.82) is 0 Å². The Bertz CT molecular complexity index is 1010. The van der Waals surface area contributed by atoms with Crippen LogP contribution in [0.4, 0.5) is 0 Å². The van der Waals surface area contributed by atoms with E-state index in [-0.39, 0.29) is 5.91 Å². The average molecular weight is 404 g/mol. The van der Waals surface area contributed by atoms with E-state index < -0.39 is 0 Å².